The first-order valence-corrected chi connectivity index (χ1v) is 10.8. The Bertz CT molecular complexity index is 1170. The molecular formula is C25H28N4O3. The highest BCUT2D eigenvalue weighted by Gasteiger charge is 2.31. The standard InChI is InChI=1S/C25H28N4O3/c1-16-7-5-9-20(11-16)13-28-14-21(12-23(28)30)15-32-25(31)24-19(4)29(27-26-24)22-10-6-8-17(2)18(22)3/h5-11,21H,12-15H2,1-4H3. The molecule has 1 atom stereocenters. The van der Waals surface area contributed by atoms with Crippen LogP contribution in [0.4, 0.5) is 0 Å². The number of carbonyl (C=O) groups is 2. The quantitative estimate of drug-likeness (QED) is 0.555. The fourth-order valence-corrected chi connectivity index (χ4v) is 4.12. The van der Waals surface area contributed by atoms with Crippen LogP contribution in [-0.2, 0) is 16.1 Å². The summed E-state index contributed by atoms with van der Waals surface area (Å²) in [6.45, 7) is 9.24. The molecule has 2 heterocycles. The molecule has 0 bridgehead atoms. The SMILES string of the molecule is Cc1cccc(CN2CC(COC(=O)c3nnn(-c4cccc(C)c4C)c3C)CC2=O)c1. The molecule has 1 amide bonds. The summed E-state index contributed by atoms with van der Waals surface area (Å²) in [5, 5.41) is 8.23. The zero-order valence-electron chi connectivity index (χ0n) is 19.0. The first kappa shape index (κ1) is 21.7. The maximum absolute atomic E-state index is 12.7. The Labute approximate surface area is 188 Å². The molecule has 1 aliphatic heterocycles. The van der Waals surface area contributed by atoms with Gasteiger partial charge in [0.2, 0.25) is 5.91 Å². The van der Waals surface area contributed by atoms with Crippen molar-refractivity contribution in [1.29, 1.82) is 0 Å². The minimum Gasteiger partial charge on any atom is -0.460 e. The van der Waals surface area contributed by atoms with E-state index in [0.29, 0.717) is 25.2 Å². The number of aromatic nitrogens is 3. The van der Waals surface area contributed by atoms with Gasteiger partial charge in [0.1, 0.15) is 0 Å². The Morgan fingerprint density at radius 3 is 2.69 bits per heavy atom. The first-order chi connectivity index (χ1) is 15.3. The van der Waals surface area contributed by atoms with Crippen molar-refractivity contribution in [3.63, 3.8) is 0 Å². The average molecular weight is 433 g/mol. The molecule has 0 aliphatic carbocycles. The van der Waals surface area contributed by atoms with Gasteiger partial charge in [0.25, 0.3) is 0 Å². The molecule has 1 fully saturated rings. The molecule has 0 spiro atoms. The second-order valence-electron chi connectivity index (χ2n) is 8.59. The van der Waals surface area contributed by atoms with Gasteiger partial charge < -0.3 is 9.64 Å². The molecule has 0 saturated carbocycles. The van der Waals surface area contributed by atoms with E-state index < -0.39 is 5.97 Å². The van der Waals surface area contributed by atoms with Gasteiger partial charge in [-0.1, -0.05) is 47.2 Å². The van der Waals surface area contributed by atoms with Gasteiger partial charge in [-0.05, 0) is 50.5 Å². The fraction of sp³-hybridized carbons (Fsp3) is 0.360. The molecule has 7 heteroatoms. The van der Waals surface area contributed by atoms with Crippen LogP contribution in [0, 0.1) is 33.6 Å². The van der Waals surface area contributed by atoms with Gasteiger partial charge in [-0.2, -0.15) is 0 Å². The predicted octanol–water partition coefficient (Wildman–Crippen LogP) is 3.71. The summed E-state index contributed by atoms with van der Waals surface area (Å²) in [4.78, 5) is 26.9. The smallest absolute Gasteiger partial charge is 0.360 e. The van der Waals surface area contributed by atoms with Crippen molar-refractivity contribution >= 4 is 11.9 Å². The predicted molar refractivity (Wildman–Crippen MR) is 121 cm³/mol. The number of likely N-dealkylation sites (tertiary alicyclic amines) is 1. The fourth-order valence-electron chi connectivity index (χ4n) is 4.12. The maximum atomic E-state index is 12.7. The van der Waals surface area contributed by atoms with Gasteiger partial charge in [-0.3, -0.25) is 4.79 Å². The summed E-state index contributed by atoms with van der Waals surface area (Å²) in [6.07, 6.45) is 0.382. The van der Waals surface area contributed by atoms with Crippen molar-refractivity contribution in [2.24, 2.45) is 5.92 Å². The number of hydrogen-bond acceptors (Lipinski definition) is 5. The highest BCUT2D eigenvalue weighted by molar-refractivity contribution is 5.88. The lowest BCUT2D eigenvalue weighted by Gasteiger charge is -2.17. The number of esters is 1. The second-order valence-corrected chi connectivity index (χ2v) is 8.59. The third kappa shape index (κ3) is 4.42. The van der Waals surface area contributed by atoms with Crippen LogP contribution in [0.5, 0.6) is 0 Å². The Balaban J connectivity index is 1.38. The number of amides is 1. The van der Waals surface area contributed by atoms with Gasteiger partial charge in [-0.15, -0.1) is 5.10 Å². The van der Waals surface area contributed by atoms with Crippen molar-refractivity contribution < 1.29 is 14.3 Å². The van der Waals surface area contributed by atoms with Crippen LogP contribution in [-0.4, -0.2) is 44.9 Å². The Morgan fingerprint density at radius 2 is 1.91 bits per heavy atom. The third-order valence-corrected chi connectivity index (χ3v) is 6.09. The molecule has 1 aliphatic rings. The summed E-state index contributed by atoms with van der Waals surface area (Å²) in [7, 11) is 0. The van der Waals surface area contributed by atoms with Crippen LogP contribution in [0.25, 0.3) is 5.69 Å². The summed E-state index contributed by atoms with van der Waals surface area (Å²) in [5.41, 5.74) is 6.22. The Hall–Kier alpha value is -3.48. The summed E-state index contributed by atoms with van der Waals surface area (Å²) >= 11 is 0. The van der Waals surface area contributed by atoms with E-state index in [1.54, 1.807) is 11.6 Å². The summed E-state index contributed by atoms with van der Waals surface area (Å²) < 4.78 is 7.20. The van der Waals surface area contributed by atoms with Crippen LogP contribution in [0.1, 0.15) is 44.9 Å². The topological polar surface area (TPSA) is 77.3 Å². The third-order valence-electron chi connectivity index (χ3n) is 6.09. The van der Waals surface area contributed by atoms with E-state index in [-0.39, 0.29) is 24.1 Å². The van der Waals surface area contributed by atoms with E-state index in [1.165, 1.54) is 5.56 Å². The zero-order chi connectivity index (χ0) is 22.8. The Kier molecular flexibility index (Phi) is 6.08. The molecule has 32 heavy (non-hydrogen) atoms. The van der Waals surface area contributed by atoms with Crippen molar-refractivity contribution in [1.82, 2.24) is 19.9 Å². The number of rotatable bonds is 6. The second kappa shape index (κ2) is 8.94. The molecular weight excluding hydrogens is 404 g/mol. The highest BCUT2D eigenvalue weighted by Crippen LogP contribution is 2.22. The van der Waals surface area contributed by atoms with Gasteiger partial charge >= 0.3 is 5.97 Å². The molecule has 1 unspecified atom stereocenters. The first-order valence-electron chi connectivity index (χ1n) is 10.8. The number of ether oxygens (including phenoxy) is 1. The molecule has 4 rings (SSSR count). The van der Waals surface area contributed by atoms with E-state index in [2.05, 4.69) is 16.4 Å². The van der Waals surface area contributed by atoms with Crippen LogP contribution >= 0.6 is 0 Å². The number of hydrogen-bond donors (Lipinski definition) is 0. The Morgan fingerprint density at radius 1 is 1.12 bits per heavy atom. The summed E-state index contributed by atoms with van der Waals surface area (Å²) in [6, 6.07) is 14.1. The molecule has 1 aromatic heterocycles. The molecule has 3 aromatic rings. The van der Waals surface area contributed by atoms with Crippen molar-refractivity contribution in [3.05, 3.63) is 76.1 Å². The largest absolute Gasteiger partial charge is 0.460 e. The van der Waals surface area contributed by atoms with Crippen LogP contribution in [0.15, 0.2) is 42.5 Å². The van der Waals surface area contributed by atoms with E-state index in [1.807, 2.05) is 62.1 Å². The van der Waals surface area contributed by atoms with E-state index in [4.69, 9.17) is 4.74 Å². The number of carbonyl (C=O) groups excluding carboxylic acids is 2. The summed E-state index contributed by atoms with van der Waals surface area (Å²) in [5.74, 6) is -0.445. The lowest BCUT2D eigenvalue weighted by molar-refractivity contribution is -0.128. The monoisotopic (exact) mass is 432 g/mol. The van der Waals surface area contributed by atoms with Crippen molar-refractivity contribution in [3.8, 4) is 5.69 Å². The lowest BCUT2D eigenvalue weighted by Crippen LogP contribution is -2.25. The number of aryl methyl sites for hydroxylation is 2. The molecule has 0 N–H and O–H groups in total. The number of benzene rings is 2. The van der Waals surface area contributed by atoms with Gasteiger partial charge in [0.05, 0.1) is 18.0 Å². The van der Waals surface area contributed by atoms with Gasteiger partial charge in [0.15, 0.2) is 5.69 Å². The minimum atomic E-state index is -0.511. The van der Waals surface area contributed by atoms with E-state index in [0.717, 1.165) is 22.4 Å². The molecule has 7 nitrogen and oxygen atoms in total. The average Bonchev–Trinajstić information content (AvgIpc) is 3.31. The molecule has 1 saturated heterocycles. The van der Waals surface area contributed by atoms with Crippen molar-refractivity contribution in [2.45, 2.75) is 40.7 Å². The van der Waals surface area contributed by atoms with E-state index in [9.17, 15) is 9.59 Å². The lowest BCUT2D eigenvalue weighted by atomic mass is 10.1. The maximum Gasteiger partial charge on any atom is 0.360 e. The van der Waals surface area contributed by atoms with Gasteiger partial charge in [0, 0.05) is 25.4 Å². The van der Waals surface area contributed by atoms with Crippen molar-refractivity contribution in [2.75, 3.05) is 13.2 Å². The molecule has 2 aromatic carbocycles. The molecule has 0 radical (unpaired) electrons. The molecule has 166 valence electrons. The minimum absolute atomic E-state index is 0.0226. The van der Waals surface area contributed by atoms with Crippen LogP contribution < -0.4 is 0 Å². The van der Waals surface area contributed by atoms with E-state index >= 15 is 0 Å². The number of nitrogens with zero attached hydrogens (tertiary/aromatic N) is 4. The van der Waals surface area contributed by atoms with Gasteiger partial charge in [-0.25, -0.2) is 9.48 Å². The highest BCUT2D eigenvalue weighted by atomic mass is 16.5. The zero-order valence-corrected chi connectivity index (χ0v) is 19.0. The van der Waals surface area contributed by atoms with Crippen LogP contribution in [0.3, 0.4) is 0 Å². The normalized spacial score (nSPS) is 15.9. The van der Waals surface area contributed by atoms with Crippen LogP contribution in [0.2, 0.25) is 0 Å².